The Hall–Kier alpha value is -2.00. The maximum absolute atomic E-state index is 10.1. The standard InChI is InChI=1S/C23H30N2O/c1-2-12-25(14-13-24-16-19-6-3-4-7-20(19)17-24)21-10-11-22-18(15-21)8-5-9-23(22)26/h3-6,8-9,17,21,26H,2,7,10-16H2,1H3. The van der Waals surface area contributed by atoms with Crippen LogP contribution in [0.5, 0.6) is 5.75 Å². The lowest BCUT2D eigenvalue weighted by Gasteiger charge is -2.36. The average molecular weight is 351 g/mol. The Kier molecular flexibility index (Phi) is 5.16. The molecule has 0 saturated carbocycles. The summed E-state index contributed by atoms with van der Waals surface area (Å²) >= 11 is 0. The Morgan fingerprint density at radius 3 is 3.00 bits per heavy atom. The van der Waals surface area contributed by atoms with Crippen molar-refractivity contribution in [1.82, 2.24) is 9.80 Å². The lowest BCUT2D eigenvalue weighted by molar-refractivity contribution is 0.165. The van der Waals surface area contributed by atoms with Gasteiger partial charge < -0.3 is 10.0 Å². The van der Waals surface area contributed by atoms with Crippen molar-refractivity contribution in [3.05, 3.63) is 64.9 Å². The lowest BCUT2D eigenvalue weighted by atomic mass is 9.87. The molecule has 3 heteroatoms. The summed E-state index contributed by atoms with van der Waals surface area (Å²) in [5.74, 6) is 0.483. The number of phenols is 1. The highest BCUT2D eigenvalue weighted by Gasteiger charge is 2.26. The number of nitrogens with zero attached hydrogens (tertiary/aromatic N) is 2. The van der Waals surface area contributed by atoms with Crippen LogP contribution in [0.15, 0.2) is 53.8 Å². The highest BCUT2D eigenvalue weighted by atomic mass is 16.3. The molecule has 138 valence electrons. The van der Waals surface area contributed by atoms with Crippen LogP contribution in [0.3, 0.4) is 0 Å². The van der Waals surface area contributed by atoms with Crippen molar-refractivity contribution >= 4 is 0 Å². The SMILES string of the molecule is CCCN(CCN1C=C2CC=CC=C2C1)C1CCc2c(O)cccc2C1. The Morgan fingerprint density at radius 2 is 2.15 bits per heavy atom. The maximum Gasteiger partial charge on any atom is 0.119 e. The number of hydrogen-bond acceptors (Lipinski definition) is 3. The minimum atomic E-state index is 0.483. The highest BCUT2D eigenvalue weighted by molar-refractivity contribution is 5.43. The van der Waals surface area contributed by atoms with E-state index in [4.69, 9.17) is 0 Å². The highest BCUT2D eigenvalue weighted by Crippen LogP contribution is 2.31. The van der Waals surface area contributed by atoms with Gasteiger partial charge in [0.05, 0.1) is 0 Å². The first-order chi connectivity index (χ1) is 12.7. The van der Waals surface area contributed by atoms with Crippen molar-refractivity contribution < 1.29 is 5.11 Å². The van der Waals surface area contributed by atoms with Gasteiger partial charge in [-0.15, -0.1) is 0 Å². The first-order valence-electron chi connectivity index (χ1n) is 10.1. The van der Waals surface area contributed by atoms with Gasteiger partial charge in [0.2, 0.25) is 0 Å². The molecule has 0 bridgehead atoms. The van der Waals surface area contributed by atoms with E-state index in [0.717, 1.165) is 51.9 Å². The van der Waals surface area contributed by atoms with Crippen molar-refractivity contribution in [1.29, 1.82) is 0 Å². The lowest BCUT2D eigenvalue weighted by Crippen LogP contribution is -2.43. The number of rotatable bonds is 6. The molecule has 1 atom stereocenters. The summed E-state index contributed by atoms with van der Waals surface area (Å²) in [6.45, 7) is 6.73. The molecule has 3 aliphatic rings. The average Bonchev–Trinajstić information content (AvgIpc) is 3.08. The first kappa shape index (κ1) is 17.4. The van der Waals surface area contributed by atoms with Gasteiger partial charge in [-0.3, -0.25) is 4.90 Å². The van der Waals surface area contributed by atoms with Crippen LogP contribution in [-0.2, 0) is 12.8 Å². The van der Waals surface area contributed by atoms with Crippen molar-refractivity contribution in [2.45, 2.75) is 45.1 Å². The van der Waals surface area contributed by atoms with Crippen LogP contribution in [0.1, 0.15) is 37.3 Å². The van der Waals surface area contributed by atoms with E-state index in [0.29, 0.717) is 11.8 Å². The van der Waals surface area contributed by atoms with E-state index < -0.39 is 0 Å². The molecule has 2 aliphatic carbocycles. The van der Waals surface area contributed by atoms with Gasteiger partial charge in [0, 0.05) is 31.9 Å². The quantitative estimate of drug-likeness (QED) is 0.838. The minimum absolute atomic E-state index is 0.483. The van der Waals surface area contributed by atoms with Crippen LogP contribution in [0.4, 0.5) is 0 Å². The van der Waals surface area contributed by atoms with Crippen LogP contribution < -0.4 is 0 Å². The van der Waals surface area contributed by atoms with Crippen LogP contribution in [-0.4, -0.2) is 47.1 Å². The summed E-state index contributed by atoms with van der Waals surface area (Å²) in [6.07, 6.45) is 14.6. The molecule has 0 aromatic heterocycles. The van der Waals surface area contributed by atoms with Crippen LogP contribution >= 0.6 is 0 Å². The maximum atomic E-state index is 10.1. The number of fused-ring (bicyclic) bond motifs is 2. The molecule has 1 aromatic carbocycles. The molecule has 0 fully saturated rings. The molecule has 0 saturated heterocycles. The summed E-state index contributed by atoms with van der Waals surface area (Å²) in [5, 5.41) is 10.1. The largest absolute Gasteiger partial charge is 0.508 e. The van der Waals surface area contributed by atoms with Gasteiger partial charge in [0.15, 0.2) is 0 Å². The molecular weight excluding hydrogens is 320 g/mol. The van der Waals surface area contributed by atoms with Crippen LogP contribution in [0, 0.1) is 0 Å². The summed E-state index contributed by atoms with van der Waals surface area (Å²) in [4.78, 5) is 5.17. The van der Waals surface area contributed by atoms with Crippen LogP contribution in [0.25, 0.3) is 0 Å². The molecular formula is C23H30N2O. The minimum Gasteiger partial charge on any atom is -0.508 e. The zero-order valence-corrected chi connectivity index (χ0v) is 15.8. The number of benzene rings is 1. The third-order valence-corrected chi connectivity index (χ3v) is 6.03. The van der Waals surface area contributed by atoms with Crippen molar-refractivity contribution in [2.24, 2.45) is 0 Å². The smallest absolute Gasteiger partial charge is 0.119 e. The van der Waals surface area contributed by atoms with Crippen molar-refractivity contribution in [3.8, 4) is 5.75 Å². The molecule has 4 rings (SSSR count). The van der Waals surface area contributed by atoms with Gasteiger partial charge in [-0.25, -0.2) is 0 Å². The van der Waals surface area contributed by atoms with E-state index in [1.165, 1.54) is 28.7 Å². The molecule has 1 heterocycles. The number of phenolic OH excluding ortho intramolecular Hbond substituents is 1. The van der Waals surface area contributed by atoms with E-state index >= 15 is 0 Å². The molecule has 0 spiro atoms. The second-order valence-electron chi connectivity index (χ2n) is 7.80. The van der Waals surface area contributed by atoms with Crippen molar-refractivity contribution in [3.63, 3.8) is 0 Å². The Balaban J connectivity index is 1.38. The number of hydrogen-bond donors (Lipinski definition) is 1. The van der Waals surface area contributed by atoms with Gasteiger partial charge in [-0.2, -0.15) is 0 Å². The summed E-state index contributed by atoms with van der Waals surface area (Å²) in [5.41, 5.74) is 5.51. The fraction of sp³-hybridized carbons (Fsp3) is 0.478. The second-order valence-corrected chi connectivity index (χ2v) is 7.80. The Bertz CT molecular complexity index is 747. The molecule has 1 N–H and O–H groups in total. The second kappa shape index (κ2) is 7.71. The number of aromatic hydroxyl groups is 1. The van der Waals surface area contributed by atoms with E-state index in [2.05, 4.69) is 47.2 Å². The molecule has 1 unspecified atom stereocenters. The fourth-order valence-corrected chi connectivity index (χ4v) is 4.64. The number of allylic oxidation sites excluding steroid dienone is 3. The van der Waals surface area contributed by atoms with Gasteiger partial charge in [-0.05, 0) is 67.0 Å². The van der Waals surface area contributed by atoms with E-state index in [9.17, 15) is 5.11 Å². The summed E-state index contributed by atoms with van der Waals surface area (Å²) in [7, 11) is 0. The van der Waals surface area contributed by atoms with Gasteiger partial charge in [0.25, 0.3) is 0 Å². The topological polar surface area (TPSA) is 26.7 Å². The third kappa shape index (κ3) is 3.59. The Morgan fingerprint density at radius 1 is 1.23 bits per heavy atom. The molecule has 1 aromatic rings. The molecule has 26 heavy (non-hydrogen) atoms. The Labute approximate surface area is 157 Å². The van der Waals surface area contributed by atoms with E-state index in [1.54, 1.807) is 0 Å². The zero-order chi connectivity index (χ0) is 17.9. The fourth-order valence-electron chi connectivity index (χ4n) is 4.64. The van der Waals surface area contributed by atoms with E-state index in [-0.39, 0.29) is 0 Å². The molecule has 0 amide bonds. The van der Waals surface area contributed by atoms with Gasteiger partial charge in [-0.1, -0.05) is 37.3 Å². The predicted molar refractivity (Wildman–Crippen MR) is 107 cm³/mol. The first-order valence-corrected chi connectivity index (χ1v) is 10.1. The van der Waals surface area contributed by atoms with Crippen molar-refractivity contribution in [2.75, 3.05) is 26.2 Å². The normalized spacial score (nSPS) is 21.5. The third-order valence-electron chi connectivity index (χ3n) is 6.03. The molecule has 1 aliphatic heterocycles. The van der Waals surface area contributed by atoms with E-state index in [1.807, 2.05) is 12.1 Å². The van der Waals surface area contributed by atoms with Crippen LogP contribution in [0.2, 0.25) is 0 Å². The summed E-state index contributed by atoms with van der Waals surface area (Å²) in [6, 6.07) is 6.61. The monoisotopic (exact) mass is 350 g/mol. The predicted octanol–water partition coefficient (Wildman–Crippen LogP) is 4.05. The van der Waals surface area contributed by atoms with Gasteiger partial charge >= 0.3 is 0 Å². The zero-order valence-electron chi connectivity index (χ0n) is 15.8. The molecule has 0 radical (unpaired) electrons. The summed E-state index contributed by atoms with van der Waals surface area (Å²) < 4.78 is 0. The van der Waals surface area contributed by atoms with Gasteiger partial charge in [0.1, 0.15) is 5.75 Å². The molecule has 3 nitrogen and oxygen atoms in total.